The highest BCUT2D eigenvalue weighted by Gasteiger charge is 2.13. The van der Waals surface area contributed by atoms with Gasteiger partial charge < -0.3 is 15.5 Å². The molecule has 5 heteroatoms. The van der Waals surface area contributed by atoms with Crippen LogP contribution in [0.15, 0.2) is 54.6 Å². The highest BCUT2D eigenvalue weighted by atomic mass is 16.2. The first-order valence-corrected chi connectivity index (χ1v) is 10.1. The minimum absolute atomic E-state index is 0.0196. The molecule has 0 radical (unpaired) electrons. The third kappa shape index (κ3) is 5.84. The minimum atomic E-state index is -0.216. The average molecular weight is 380 g/mol. The van der Waals surface area contributed by atoms with Crippen LogP contribution >= 0.6 is 0 Å². The van der Waals surface area contributed by atoms with Crippen LogP contribution in [0.2, 0.25) is 0 Å². The summed E-state index contributed by atoms with van der Waals surface area (Å²) in [6, 6.07) is 17.8. The van der Waals surface area contributed by atoms with Gasteiger partial charge in [0.15, 0.2) is 0 Å². The van der Waals surface area contributed by atoms with Crippen molar-refractivity contribution in [2.45, 2.75) is 38.5 Å². The van der Waals surface area contributed by atoms with E-state index in [0.29, 0.717) is 6.42 Å². The van der Waals surface area contributed by atoms with Crippen molar-refractivity contribution in [2.24, 2.45) is 0 Å². The van der Waals surface area contributed by atoms with Gasteiger partial charge >= 0.3 is 0 Å². The second-order valence-corrected chi connectivity index (χ2v) is 7.44. The Balaban J connectivity index is 1.41. The molecule has 0 bridgehead atoms. The van der Waals surface area contributed by atoms with E-state index in [1.165, 1.54) is 24.9 Å². The first-order valence-electron chi connectivity index (χ1n) is 10.1. The number of benzene rings is 2. The zero-order valence-corrected chi connectivity index (χ0v) is 16.5. The van der Waals surface area contributed by atoms with Crippen LogP contribution in [0, 0.1) is 0 Å². The Morgan fingerprint density at radius 3 is 2.29 bits per heavy atom. The maximum absolute atomic E-state index is 12.1. The molecule has 1 aliphatic heterocycles. The van der Waals surface area contributed by atoms with Gasteiger partial charge in [0.1, 0.15) is 0 Å². The largest absolute Gasteiger partial charge is 0.372 e. The molecule has 3 rings (SSSR count). The number of anilines is 2. The summed E-state index contributed by atoms with van der Waals surface area (Å²) in [5.74, 6) is -0.218. The predicted molar refractivity (Wildman–Crippen MR) is 114 cm³/mol. The molecule has 1 atom stereocenters. The smallest absolute Gasteiger partial charge is 0.243 e. The summed E-state index contributed by atoms with van der Waals surface area (Å²) in [5.41, 5.74) is 3.06. The van der Waals surface area contributed by atoms with E-state index < -0.39 is 0 Å². The van der Waals surface area contributed by atoms with Gasteiger partial charge in [-0.05, 0) is 55.0 Å². The van der Waals surface area contributed by atoms with Gasteiger partial charge in [0.2, 0.25) is 11.8 Å². The molecule has 0 aliphatic carbocycles. The molecule has 5 nitrogen and oxygen atoms in total. The minimum Gasteiger partial charge on any atom is -0.372 e. The SMILES string of the molecule is CC(CC(=O)NCC(=O)Nc1ccc(N2CCCCC2)cc1)c1ccccc1. The van der Waals surface area contributed by atoms with E-state index in [1.807, 2.05) is 61.5 Å². The third-order valence-corrected chi connectivity index (χ3v) is 5.18. The third-order valence-electron chi connectivity index (χ3n) is 5.18. The molecule has 0 saturated carbocycles. The van der Waals surface area contributed by atoms with Crippen LogP contribution < -0.4 is 15.5 Å². The fraction of sp³-hybridized carbons (Fsp3) is 0.391. The van der Waals surface area contributed by atoms with Gasteiger partial charge in [-0.3, -0.25) is 9.59 Å². The molecular formula is C23H29N3O2. The number of hydrogen-bond acceptors (Lipinski definition) is 3. The van der Waals surface area contributed by atoms with E-state index in [0.717, 1.165) is 24.3 Å². The van der Waals surface area contributed by atoms with Gasteiger partial charge in [0.05, 0.1) is 6.54 Å². The molecule has 1 saturated heterocycles. The molecular weight excluding hydrogens is 350 g/mol. The van der Waals surface area contributed by atoms with Crippen molar-refractivity contribution in [1.82, 2.24) is 5.32 Å². The fourth-order valence-corrected chi connectivity index (χ4v) is 3.54. The Labute approximate surface area is 167 Å². The number of piperidine rings is 1. The normalized spacial score (nSPS) is 15.0. The Morgan fingerprint density at radius 2 is 1.61 bits per heavy atom. The van der Waals surface area contributed by atoms with Crippen LogP contribution in [0.1, 0.15) is 44.1 Å². The quantitative estimate of drug-likeness (QED) is 0.766. The molecule has 2 amide bonds. The Kier molecular flexibility index (Phi) is 7.06. The topological polar surface area (TPSA) is 61.4 Å². The number of amides is 2. The zero-order valence-electron chi connectivity index (χ0n) is 16.5. The maximum Gasteiger partial charge on any atom is 0.243 e. The molecule has 2 aromatic rings. The Hall–Kier alpha value is -2.82. The van der Waals surface area contributed by atoms with Gasteiger partial charge in [0.25, 0.3) is 0 Å². The van der Waals surface area contributed by atoms with Gasteiger partial charge in [0, 0.05) is 30.9 Å². The number of carbonyl (C=O) groups excluding carboxylic acids is 2. The number of nitrogens with one attached hydrogen (secondary N) is 2. The van der Waals surface area contributed by atoms with Crippen LogP contribution in [-0.2, 0) is 9.59 Å². The first kappa shape index (κ1) is 19.9. The molecule has 0 spiro atoms. The lowest BCUT2D eigenvalue weighted by Gasteiger charge is -2.28. The Bertz CT molecular complexity index is 768. The van der Waals surface area contributed by atoms with Crippen molar-refractivity contribution in [3.8, 4) is 0 Å². The van der Waals surface area contributed by atoms with Crippen molar-refractivity contribution in [3.63, 3.8) is 0 Å². The van der Waals surface area contributed by atoms with Gasteiger partial charge in [-0.1, -0.05) is 37.3 Å². The van der Waals surface area contributed by atoms with Crippen molar-refractivity contribution >= 4 is 23.2 Å². The molecule has 0 aromatic heterocycles. The molecule has 148 valence electrons. The molecule has 2 N–H and O–H groups in total. The molecule has 28 heavy (non-hydrogen) atoms. The molecule has 1 fully saturated rings. The number of nitrogens with zero attached hydrogens (tertiary/aromatic N) is 1. The van der Waals surface area contributed by atoms with E-state index in [4.69, 9.17) is 0 Å². The van der Waals surface area contributed by atoms with E-state index in [9.17, 15) is 9.59 Å². The van der Waals surface area contributed by atoms with E-state index in [1.54, 1.807) is 0 Å². The second-order valence-electron chi connectivity index (χ2n) is 7.44. The Morgan fingerprint density at radius 1 is 0.929 bits per heavy atom. The number of rotatable bonds is 7. The van der Waals surface area contributed by atoms with Crippen LogP contribution in [0.3, 0.4) is 0 Å². The average Bonchev–Trinajstić information content (AvgIpc) is 2.74. The summed E-state index contributed by atoms with van der Waals surface area (Å²) in [5, 5.41) is 5.55. The summed E-state index contributed by atoms with van der Waals surface area (Å²) in [6.45, 7) is 4.19. The monoisotopic (exact) mass is 379 g/mol. The number of hydrogen-bond donors (Lipinski definition) is 2. The van der Waals surface area contributed by atoms with Gasteiger partial charge in [-0.15, -0.1) is 0 Å². The lowest BCUT2D eigenvalue weighted by molar-refractivity contribution is -0.124. The summed E-state index contributed by atoms with van der Waals surface area (Å²) in [7, 11) is 0. The molecule has 2 aromatic carbocycles. The lowest BCUT2D eigenvalue weighted by atomic mass is 9.98. The van der Waals surface area contributed by atoms with Crippen molar-refractivity contribution in [3.05, 3.63) is 60.2 Å². The molecule has 1 heterocycles. The number of carbonyl (C=O) groups is 2. The van der Waals surface area contributed by atoms with Crippen LogP contribution in [0.25, 0.3) is 0 Å². The standard InChI is InChI=1S/C23H29N3O2/c1-18(19-8-4-2-5-9-19)16-22(27)24-17-23(28)25-20-10-12-21(13-11-20)26-14-6-3-7-15-26/h2,4-5,8-13,18H,3,6-7,14-17H2,1H3,(H,24,27)(H,25,28). The lowest BCUT2D eigenvalue weighted by Crippen LogP contribution is -2.33. The molecule has 1 unspecified atom stereocenters. The highest BCUT2D eigenvalue weighted by molar-refractivity contribution is 5.94. The second kappa shape index (κ2) is 9.93. The fourth-order valence-electron chi connectivity index (χ4n) is 3.54. The van der Waals surface area contributed by atoms with E-state index in [2.05, 4.69) is 15.5 Å². The van der Waals surface area contributed by atoms with E-state index >= 15 is 0 Å². The summed E-state index contributed by atoms with van der Waals surface area (Å²) in [4.78, 5) is 26.6. The van der Waals surface area contributed by atoms with Crippen molar-refractivity contribution in [2.75, 3.05) is 29.9 Å². The first-order chi connectivity index (χ1) is 13.6. The van der Waals surface area contributed by atoms with E-state index in [-0.39, 0.29) is 24.3 Å². The maximum atomic E-state index is 12.1. The summed E-state index contributed by atoms with van der Waals surface area (Å²) in [6.07, 6.45) is 4.14. The zero-order chi connectivity index (χ0) is 19.8. The van der Waals surface area contributed by atoms with Gasteiger partial charge in [-0.25, -0.2) is 0 Å². The predicted octanol–water partition coefficient (Wildman–Crippen LogP) is 3.93. The van der Waals surface area contributed by atoms with Crippen molar-refractivity contribution in [1.29, 1.82) is 0 Å². The van der Waals surface area contributed by atoms with Crippen molar-refractivity contribution < 1.29 is 9.59 Å². The highest BCUT2D eigenvalue weighted by Crippen LogP contribution is 2.22. The summed E-state index contributed by atoms with van der Waals surface area (Å²) < 4.78 is 0. The molecule has 1 aliphatic rings. The summed E-state index contributed by atoms with van der Waals surface area (Å²) >= 11 is 0. The van der Waals surface area contributed by atoms with Crippen LogP contribution in [0.5, 0.6) is 0 Å². The van der Waals surface area contributed by atoms with Crippen LogP contribution in [-0.4, -0.2) is 31.4 Å². The van der Waals surface area contributed by atoms with Gasteiger partial charge in [-0.2, -0.15) is 0 Å². The van der Waals surface area contributed by atoms with Crippen LogP contribution in [0.4, 0.5) is 11.4 Å².